The molecule has 0 saturated carbocycles. The van der Waals surface area contributed by atoms with Gasteiger partial charge in [-0.1, -0.05) is 23.8 Å². The molecule has 0 unspecified atom stereocenters. The number of rotatable bonds is 7. The normalized spacial score (nSPS) is 17.0. The number of piperidine rings is 1. The minimum Gasteiger partial charge on any atom is -0.496 e. The number of nitrogens with zero attached hydrogens (tertiary/aromatic N) is 2. The highest BCUT2D eigenvalue weighted by atomic mass is 16.6. The number of likely N-dealkylation sites (tertiary alicyclic amines) is 1. The van der Waals surface area contributed by atoms with Crippen molar-refractivity contribution in [2.24, 2.45) is 0 Å². The summed E-state index contributed by atoms with van der Waals surface area (Å²) < 4.78 is 5.26. The Morgan fingerprint density at radius 1 is 1.26 bits per heavy atom. The Kier molecular flexibility index (Phi) is 7.41. The van der Waals surface area contributed by atoms with Crippen LogP contribution in [0.5, 0.6) is 5.75 Å². The second-order valence-electron chi connectivity index (χ2n) is 7.81. The summed E-state index contributed by atoms with van der Waals surface area (Å²) in [6, 6.07) is 2.45. The van der Waals surface area contributed by atoms with Gasteiger partial charge < -0.3 is 15.4 Å². The zero-order chi connectivity index (χ0) is 22.4. The first-order valence-electron chi connectivity index (χ1n) is 10.4. The molecule has 0 bridgehead atoms. The topological polar surface area (TPSA) is 114 Å². The van der Waals surface area contributed by atoms with Crippen molar-refractivity contribution in [2.75, 3.05) is 32.1 Å². The van der Waals surface area contributed by atoms with Gasteiger partial charge in [-0.2, -0.15) is 0 Å². The predicted octanol–water partition coefficient (Wildman–Crippen LogP) is 3.03. The summed E-state index contributed by atoms with van der Waals surface area (Å²) in [5.41, 5.74) is 1.14. The zero-order valence-corrected chi connectivity index (χ0v) is 17.8. The molecule has 2 N–H and O–H groups in total. The molecule has 0 spiro atoms. The van der Waals surface area contributed by atoms with Crippen molar-refractivity contribution in [3.8, 4) is 5.75 Å². The van der Waals surface area contributed by atoms with E-state index in [-0.39, 0.29) is 28.7 Å². The van der Waals surface area contributed by atoms with Crippen LogP contribution in [0.1, 0.15) is 43.0 Å². The summed E-state index contributed by atoms with van der Waals surface area (Å²) in [5.74, 6) is -0.705. The van der Waals surface area contributed by atoms with Crippen LogP contribution in [0.4, 0.5) is 11.4 Å². The van der Waals surface area contributed by atoms with Crippen molar-refractivity contribution >= 4 is 23.2 Å². The molecule has 2 aliphatic rings. The molecule has 2 amide bonds. The van der Waals surface area contributed by atoms with E-state index in [0.717, 1.165) is 51.4 Å². The molecule has 0 aromatic heterocycles. The maximum Gasteiger partial charge on any atom is 0.293 e. The molecule has 1 saturated heterocycles. The lowest BCUT2D eigenvalue weighted by atomic mass is 10.0. The van der Waals surface area contributed by atoms with Crippen molar-refractivity contribution in [1.29, 1.82) is 0 Å². The molecule has 9 heteroatoms. The van der Waals surface area contributed by atoms with Gasteiger partial charge in [-0.3, -0.25) is 24.6 Å². The summed E-state index contributed by atoms with van der Waals surface area (Å²) in [4.78, 5) is 37.4. The van der Waals surface area contributed by atoms with E-state index in [0.29, 0.717) is 0 Å². The molecule has 3 rings (SSSR count). The first-order valence-corrected chi connectivity index (χ1v) is 10.4. The number of nitro groups is 1. The minimum atomic E-state index is -0.630. The Morgan fingerprint density at radius 3 is 2.58 bits per heavy atom. The lowest BCUT2D eigenvalue weighted by Crippen LogP contribution is -2.45. The summed E-state index contributed by atoms with van der Waals surface area (Å²) in [5, 5.41) is 16.8. The summed E-state index contributed by atoms with van der Waals surface area (Å²) in [6.07, 6.45) is 10.3. The van der Waals surface area contributed by atoms with Crippen LogP contribution >= 0.6 is 0 Å². The number of benzene rings is 1. The SMILES string of the molecule is COc1cc(NC(C)=O)c([N+](=O)[O-])cc1C(=O)NC1CCN(CC2=CCC=CC2)CC1. The highest BCUT2D eigenvalue weighted by Crippen LogP contribution is 2.33. The van der Waals surface area contributed by atoms with Gasteiger partial charge in [0.25, 0.3) is 11.6 Å². The highest BCUT2D eigenvalue weighted by molar-refractivity contribution is 6.00. The van der Waals surface area contributed by atoms with E-state index >= 15 is 0 Å². The van der Waals surface area contributed by atoms with Crippen molar-refractivity contribution in [3.63, 3.8) is 0 Å². The molecule has 1 fully saturated rings. The molecule has 1 heterocycles. The number of methoxy groups -OCH3 is 1. The fourth-order valence-corrected chi connectivity index (χ4v) is 3.92. The van der Waals surface area contributed by atoms with E-state index in [2.05, 4.69) is 33.8 Å². The molecule has 1 aliphatic carbocycles. The fraction of sp³-hybridized carbons (Fsp3) is 0.455. The van der Waals surface area contributed by atoms with Gasteiger partial charge in [-0.05, 0) is 25.7 Å². The van der Waals surface area contributed by atoms with E-state index < -0.39 is 16.7 Å². The Morgan fingerprint density at radius 2 is 2.00 bits per heavy atom. The molecule has 1 aromatic carbocycles. The van der Waals surface area contributed by atoms with Crippen LogP contribution in [0.25, 0.3) is 0 Å². The van der Waals surface area contributed by atoms with Gasteiger partial charge in [-0.15, -0.1) is 0 Å². The van der Waals surface area contributed by atoms with Crippen LogP contribution in [0.2, 0.25) is 0 Å². The monoisotopic (exact) mass is 428 g/mol. The quantitative estimate of drug-likeness (QED) is 0.392. The molecule has 1 aromatic rings. The summed E-state index contributed by atoms with van der Waals surface area (Å²) >= 11 is 0. The molecular weight excluding hydrogens is 400 g/mol. The molecule has 31 heavy (non-hydrogen) atoms. The Labute approximate surface area is 181 Å². The maximum absolute atomic E-state index is 12.9. The Bertz CT molecular complexity index is 917. The molecule has 166 valence electrons. The largest absolute Gasteiger partial charge is 0.496 e. The number of hydrogen-bond donors (Lipinski definition) is 2. The van der Waals surface area contributed by atoms with Crippen LogP contribution in [0, 0.1) is 10.1 Å². The second-order valence-corrected chi connectivity index (χ2v) is 7.81. The number of carbonyl (C=O) groups is 2. The van der Waals surface area contributed by atoms with Crippen LogP contribution < -0.4 is 15.4 Å². The van der Waals surface area contributed by atoms with Crippen molar-refractivity contribution < 1.29 is 19.2 Å². The third-order valence-electron chi connectivity index (χ3n) is 5.51. The van der Waals surface area contributed by atoms with Crippen molar-refractivity contribution in [1.82, 2.24) is 10.2 Å². The summed E-state index contributed by atoms with van der Waals surface area (Å²) in [6.45, 7) is 3.97. The lowest BCUT2D eigenvalue weighted by molar-refractivity contribution is -0.384. The van der Waals surface area contributed by atoms with E-state index in [1.807, 2.05) is 0 Å². The third-order valence-corrected chi connectivity index (χ3v) is 5.51. The van der Waals surface area contributed by atoms with E-state index in [1.54, 1.807) is 0 Å². The number of ether oxygens (including phenoxy) is 1. The number of amides is 2. The number of hydrogen-bond acceptors (Lipinski definition) is 6. The Hall–Kier alpha value is -3.20. The molecule has 1 aliphatic heterocycles. The van der Waals surface area contributed by atoms with Crippen molar-refractivity contribution in [3.05, 3.63) is 51.6 Å². The van der Waals surface area contributed by atoms with Gasteiger partial charge in [0.1, 0.15) is 11.4 Å². The average Bonchev–Trinajstić information content (AvgIpc) is 2.74. The Balaban J connectivity index is 1.64. The van der Waals surface area contributed by atoms with Gasteiger partial charge in [0.15, 0.2) is 0 Å². The van der Waals surface area contributed by atoms with Gasteiger partial charge in [0.05, 0.1) is 17.6 Å². The average molecular weight is 428 g/mol. The standard InChI is InChI=1S/C22H28N4O5/c1-15(27)23-19-13-21(31-2)18(12-20(19)26(29)30)22(28)24-17-8-10-25(11-9-17)14-16-6-4-3-5-7-16/h3-4,7,12-13,17H,5-6,8-11,14H2,1-2H3,(H,23,27)(H,24,28). The first-order chi connectivity index (χ1) is 14.9. The van der Waals surface area contributed by atoms with Crippen LogP contribution in [-0.4, -0.2) is 54.4 Å². The number of carbonyl (C=O) groups excluding carboxylic acids is 2. The first kappa shape index (κ1) is 22.5. The molecule has 0 radical (unpaired) electrons. The van der Waals surface area contributed by atoms with Gasteiger partial charge in [0, 0.05) is 44.7 Å². The van der Waals surface area contributed by atoms with Crippen LogP contribution in [0.15, 0.2) is 35.9 Å². The number of nitrogens with one attached hydrogen (secondary N) is 2. The summed E-state index contributed by atoms with van der Waals surface area (Å²) in [7, 11) is 1.38. The minimum absolute atomic E-state index is 0.00827. The number of anilines is 1. The van der Waals surface area contributed by atoms with Crippen LogP contribution in [-0.2, 0) is 4.79 Å². The fourth-order valence-electron chi connectivity index (χ4n) is 3.92. The lowest BCUT2D eigenvalue weighted by Gasteiger charge is -2.33. The molecule has 0 atom stereocenters. The number of nitro benzene ring substituents is 1. The van der Waals surface area contributed by atoms with Gasteiger partial charge in [0.2, 0.25) is 5.91 Å². The predicted molar refractivity (Wildman–Crippen MR) is 117 cm³/mol. The molecule has 9 nitrogen and oxygen atoms in total. The second kappa shape index (κ2) is 10.2. The smallest absolute Gasteiger partial charge is 0.293 e. The van der Waals surface area contributed by atoms with Gasteiger partial charge in [-0.25, -0.2) is 0 Å². The zero-order valence-electron chi connectivity index (χ0n) is 17.8. The van der Waals surface area contributed by atoms with Gasteiger partial charge >= 0.3 is 0 Å². The van der Waals surface area contributed by atoms with E-state index in [9.17, 15) is 19.7 Å². The van der Waals surface area contributed by atoms with Crippen LogP contribution in [0.3, 0.4) is 0 Å². The number of allylic oxidation sites excluding steroid dienone is 3. The highest BCUT2D eigenvalue weighted by Gasteiger charge is 2.26. The maximum atomic E-state index is 12.9. The third kappa shape index (κ3) is 5.91. The van der Waals surface area contributed by atoms with E-state index in [1.165, 1.54) is 25.7 Å². The van der Waals surface area contributed by atoms with E-state index in [4.69, 9.17) is 4.74 Å². The molecular formula is C22H28N4O5. The van der Waals surface area contributed by atoms with Crippen molar-refractivity contribution in [2.45, 2.75) is 38.6 Å².